The van der Waals surface area contributed by atoms with Gasteiger partial charge in [0.05, 0.1) is 6.61 Å². The van der Waals surface area contributed by atoms with Gasteiger partial charge in [0.25, 0.3) is 0 Å². The highest BCUT2D eigenvalue weighted by atomic mass is 19.1. The Balaban J connectivity index is 1.73. The van der Waals surface area contributed by atoms with Crippen LogP contribution in [0.25, 0.3) is 0 Å². The summed E-state index contributed by atoms with van der Waals surface area (Å²) in [6, 6.07) is 12.5. The molecule has 0 radical (unpaired) electrons. The number of nitrogens with two attached hydrogens (primary N) is 1. The fourth-order valence-electron chi connectivity index (χ4n) is 2.41. The molecule has 0 aliphatic carbocycles. The van der Waals surface area contributed by atoms with Crippen LogP contribution in [0.5, 0.6) is 5.75 Å². The van der Waals surface area contributed by atoms with Crippen molar-refractivity contribution in [2.45, 2.75) is 12.5 Å². The van der Waals surface area contributed by atoms with Crippen molar-refractivity contribution in [1.82, 2.24) is 0 Å². The highest BCUT2D eigenvalue weighted by Crippen LogP contribution is 2.28. The maximum atomic E-state index is 13.7. The van der Waals surface area contributed by atoms with Gasteiger partial charge in [0.2, 0.25) is 0 Å². The zero-order chi connectivity index (χ0) is 13.9. The Morgan fingerprint density at radius 3 is 2.95 bits per heavy atom. The summed E-state index contributed by atoms with van der Waals surface area (Å²) in [7, 11) is 0. The quantitative estimate of drug-likeness (QED) is 0.874. The Labute approximate surface area is 117 Å². The molecule has 1 aliphatic heterocycles. The third-order valence-electron chi connectivity index (χ3n) is 3.44. The Morgan fingerprint density at radius 1 is 1.25 bits per heavy atom. The monoisotopic (exact) mass is 273 g/mol. The lowest BCUT2D eigenvalue weighted by Crippen LogP contribution is -2.21. The molecule has 0 aromatic heterocycles. The third kappa shape index (κ3) is 2.60. The van der Waals surface area contributed by atoms with E-state index in [1.54, 1.807) is 12.1 Å². The first-order chi connectivity index (χ1) is 9.74. The number of hydrogen-bond acceptors (Lipinski definition) is 3. The fraction of sp³-hybridized carbons (Fsp3) is 0.250. The van der Waals surface area contributed by atoms with Crippen LogP contribution in [0.4, 0.5) is 10.1 Å². The summed E-state index contributed by atoms with van der Waals surface area (Å²) in [5, 5.41) is 0. The van der Waals surface area contributed by atoms with E-state index < -0.39 is 5.82 Å². The van der Waals surface area contributed by atoms with Gasteiger partial charge in [0.15, 0.2) is 11.6 Å². The molecule has 2 aromatic carbocycles. The standard InChI is InChI=1S/C16H16FNO2/c17-14-9-12(18)5-6-15(14)20-10-16-13-4-2-1-3-11(13)7-8-19-16/h1-6,9,16H,7-8,10,18H2. The zero-order valence-corrected chi connectivity index (χ0v) is 11.0. The van der Waals surface area contributed by atoms with Gasteiger partial charge < -0.3 is 15.2 Å². The van der Waals surface area contributed by atoms with E-state index in [1.165, 1.54) is 11.6 Å². The molecule has 1 unspecified atom stereocenters. The molecule has 1 heterocycles. The van der Waals surface area contributed by atoms with E-state index >= 15 is 0 Å². The molecule has 1 aliphatic rings. The minimum absolute atomic E-state index is 0.156. The maximum absolute atomic E-state index is 13.7. The van der Waals surface area contributed by atoms with E-state index in [4.69, 9.17) is 15.2 Å². The number of ether oxygens (including phenoxy) is 2. The topological polar surface area (TPSA) is 44.5 Å². The highest BCUT2D eigenvalue weighted by Gasteiger charge is 2.21. The molecule has 0 amide bonds. The van der Waals surface area contributed by atoms with Gasteiger partial charge in [-0.05, 0) is 29.7 Å². The van der Waals surface area contributed by atoms with Gasteiger partial charge in [-0.3, -0.25) is 0 Å². The number of benzene rings is 2. The van der Waals surface area contributed by atoms with Gasteiger partial charge in [-0.25, -0.2) is 4.39 Å². The summed E-state index contributed by atoms with van der Waals surface area (Å²) in [5.74, 6) is -0.250. The van der Waals surface area contributed by atoms with Crippen molar-refractivity contribution < 1.29 is 13.9 Å². The molecule has 3 rings (SSSR count). The second-order valence-corrected chi connectivity index (χ2v) is 4.81. The molecule has 0 fully saturated rings. The van der Waals surface area contributed by atoms with E-state index in [9.17, 15) is 4.39 Å². The van der Waals surface area contributed by atoms with Crippen LogP contribution in [0.3, 0.4) is 0 Å². The molecule has 4 heteroatoms. The van der Waals surface area contributed by atoms with Gasteiger partial charge in [-0.1, -0.05) is 24.3 Å². The van der Waals surface area contributed by atoms with Crippen molar-refractivity contribution in [2.24, 2.45) is 0 Å². The lowest BCUT2D eigenvalue weighted by molar-refractivity contribution is 0.00936. The summed E-state index contributed by atoms with van der Waals surface area (Å²) in [6.07, 6.45) is 0.750. The first kappa shape index (κ1) is 12.9. The molecule has 0 spiro atoms. The molecular formula is C16H16FNO2. The summed E-state index contributed by atoms with van der Waals surface area (Å²) < 4.78 is 24.9. The maximum Gasteiger partial charge on any atom is 0.167 e. The second kappa shape index (κ2) is 5.51. The number of nitrogen functional groups attached to an aromatic ring is 1. The number of anilines is 1. The Hall–Kier alpha value is -2.07. The van der Waals surface area contributed by atoms with Crippen LogP contribution in [0, 0.1) is 5.82 Å². The van der Waals surface area contributed by atoms with Gasteiger partial charge in [0.1, 0.15) is 12.7 Å². The van der Waals surface area contributed by atoms with Crippen molar-refractivity contribution >= 4 is 5.69 Å². The van der Waals surface area contributed by atoms with Crippen molar-refractivity contribution in [2.75, 3.05) is 18.9 Å². The minimum Gasteiger partial charge on any atom is -0.487 e. The molecule has 2 aromatic rings. The van der Waals surface area contributed by atoms with Crippen LogP contribution in [-0.4, -0.2) is 13.2 Å². The van der Waals surface area contributed by atoms with Crippen molar-refractivity contribution in [3.63, 3.8) is 0 Å². The first-order valence-corrected chi connectivity index (χ1v) is 6.61. The van der Waals surface area contributed by atoms with Crippen LogP contribution >= 0.6 is 0 Å². The number of halogens is 1. The molecule has 1 atom stereocenters. The predicted molar refractivity (Wildman–Crippen MR) is 75.1 cm³/mol. The molecule has 104 valence electrons. The van der Waals surface area contributed by atoms with Crippen molar-refractivity contribution in [3.05, 3.63) is 59.4 Å². The van der Waals surface area contributed by atoms with E-state index in [1.807, 2.05) is 18.2 Å². The normalized spacial score (nSPS) is 17.6. The smallest absolute Gasteiger partial charge is 0.167 e. The lowest BCUT2D eigenvalue weighted by atomic mass is 9.98. The van der Waals surface area contributed by atoms with Gasteiger partial charge in [-0.2, -0.15) is 0 Å². The van der Waals surface area contributed by atoms with Crippen molar-refractivity contribution in [1.29, 1.82) is 0 Å². The van der Waals surface area contributed by atoms with E-state index in [-0.39, 0.29) is 18.5 Å². The van der Waals surface area contributed by atoms with Crippen LogP contribution < -0.4 is 10.5 Å². The summed E-state index contributed by atoms with van der Waals surface area (Å²) in [4.78, 5) is 0. The van der Waals surface area contributed by atoms with Gasteiger partial charge in [-0.15, -0.1) is 0 Å². The molecule has 2 N–H and O–H groups in total. The van der Waals surface area contributed by atoms with Gasteiger partial charge in [0, 0.05) is 11.8 Å². The zero-order valence-electron chi connectivity index (χ0n) is 11.0. The van der Waals surface area contributed by atoms with Crippen LogP contribution in [0.1, 0.15) is 17.2 Å². The predicted octanol–water partition coefficient (Wildman–Crippen LogP) is 3.10. The Bertz CT molecular complexity index is 615. The van der Waals surface area contributed by atoms with Crippen LogP contribution in [0.15, 0.2) is 42.5 Å². The second-order valence-electron chi connectivity index (χ2n) is 4.81. The van der Waals surface area contributed by atoms with Crippen molar-refractivity contribution in [3.8, 4) is 5.75 Å². The van der Waals surface area contributed by atoms with E-state index in [0.717, 1.165) is 12.0 Å². The Kier molecular flexibility index (Phi) is 3.56. The average Bonchev–Trinajstić information content (AvgIpc) is 2.46. The molecule has 20 heavy (non-hydrogen) atoms. The van der Waals surface area contributed by atoms with Crippen LogP contribution in [0.2, 0.25) is 0 Å². The number of hydrogen-bond donors (Lipinski definition) is 1. The summed E-state index contributed by atoms with van der Waals surface area (Å²) in [6.45, 7) is 0.951. The van der Waals surface area contributed by atoms with E-state index in [0.29, 0.717) is 12.3 Å². The van der Waals surface area contributed by atoms with E-state index in [2.05, 4.69) is 6.07 Å². The molecule has 0 saturated carbocycles. The highest BCUT2D eigenvalue weighted by molar-refractivity contribution is 5.42. The summed E-state index contributed by atoms with van der Waals surface area (Å²) >= 11 is 0. The number of fused-ring (bicyclic) bond motifs is 1. The first-order valence-electron chi connectivity index (χ1n) is 6.61. The molecule has 0 saturated heterocycles. The SMILES string of the molecule is Nc1ccc(OCC2OCCc3ccccc32)c(F)c1. The van der Waals surface area contributed by atoms with Gasteiger partial charge >= 0.3 is 0 Å². The summed E-state index contributed by atoms with van der Waals surface area (Å²) in [5.41, 5.74) is 8.28. The average molecular weight is 273 g/mol. The van der Waals surface area contributed by atoms with Crippen LogP contribution in [-0.2, 0) is 11.2 Å². The lowest BCUT2D eigenvalue weighted by Gasteiger charge is -2.26. The largest absolute Gasteiger partial charge is 0.487 e. The Morgan fingerprint density at radius 2 is 2.10 bits per heavy atom. The molecule has 0 bridgehead atoms. The molecular weight excluding hydrogens is 257 g/mol. The third-order valence-corrected chi connectivity index (χ3v) is 3.44. The number of rotatable bonds is 3. The fourth-order valence-corrected chi connectivity index (χ4v) is 2.41. The minimum atomic E-state index is -0.450. The molecule has 3 nitrogen and oxygen atoms in total.